The van der Waals surface area contributed by atoms with E-state index in [9.17, 15) is 9.59 Å². The molecule has 0 saturated heterocycles. The van der Waals surface area contributed by atoms with E-state index in [4.69, 9.17) is 0 Å². The molecule has 0 saturated carbocycles. The minimum atomic E-state index is -0.310. The van der Waals surface area contributed by atoms with Gasteiger partial charge in [0.25, 0.3) is 5.91 Å². The number of hydrazone groups is 1. The van der Waals surface area contributed by atoms with Crippen LogP contribution < -0.4 is 10.7 Å². The van der Waals surface area contributed by atoms with Gasteiger partial charge in [0.15, 0.2) is 0 Å². The highest BCUT2D eigenvalue weighted by Crippen LogP contribution is 2.07. The number of carbonyl (C=O) groups is 2. The zero-order chi connectivity index (χ0) is 16.7. The molecule has 2 amide bonds. The molecule has 0 bridgehead atoms. The van der Waals surface area contributed by atoms with Crippen molar-refractivity contribution >= 4 is 45.8 Å². The zero-order valence-corrected chi connectivity index (χ0v) is 14.6. The molecule has 2 rings (SSSR count). The van der Waals surface area contributed by atoms with Gasteiger partial charge in [0.05, 0.1) is 18.3 Å². The lowest BCUT2D eigenvalue weighted by Crippen LogP contribution is -2.21. The van der Waals surface area contributed by atoms with Crippen LogP contribution in [0.25, 0.3) is 0 Å². The molecule has 2 N–H and O–H groups in total. The molecule has 23 heavy (non-hydrogen) atoms. The van der Waals surface area contributed by atoms with E-state index in [-0.39, 0.29) is 18.2 Å². The van der Waals surface area contributed by atoms with Gasteiger partial charge in [0.2, 0.25) is 5.91 Å². The third-order valence-corrected chi connectivity index (χ3v) is 3.47. The Bertz CT molecular complexity index is 732. The Morgan fingerprint density at radius 3 is 2.78 bits per heavy atom. The number of aromatic nitrogens is 1. The summed E-state index contributed by atoms with van der Waals surface area (Å²) >= 11 is 2.13. The molecule has 1 aromatic carbocycles. The van der Waals surface area contributed by atoms with Crippen LogP contribution in [0.2, 0.25) is 0 Å². The normalized spacial score (nSPS) is 11.0. The van der Waals surface area contributed by atoms with E-state index < -0.39 is 0 Å². The minimum Gasteiger partial charge on any atom is -0.324 e. The van der Waals surface area contributed by atoms with Gasteiger partial charge in [-0.1, -0.05) is 6.07 Å². The van der Waals surface area contributed by atoms with Crippen molar-refractivity contribution in [3.8, 4) is 0 Å². The summed E-state index contributed by atoms with van der Waals surface area (Å²) in [5, 5.41) is 6.65. The van der Waals surface area contributed by atoms with Crippen molar-refractivity contribution in [1.82, 2.24) is 10.4 Å². The number of amides is 2. The average molecular weight is 422 g/mol. The number of hydrogen-bond acceptors (Lipinski definition) is 4. The summed E-state index contributed by atoms with van der Waals surface area (Å²) in [6.45, 7) is 1.68. The molecule has 6 nitrogen and oxygen atoms in total. The van der Waals surface area contributed by atoms with Crippen LogP contribution in [-0.4, -0.2) is 22.5 Å². The van der Waals surface area contributed by atoms with Gasteiger partial charge in [0.1, 0.15) is 0 Å². The van der Waals surface area contributed by atoms with Crippen LogP contribution in [0.1, 0.15) is 23.7 Å². The molecule has 0 unspecified atom stereocenters. The van der Waals surface area contributed by atoms with Crippen LogP contribution in [0.4, 0.5) is 5.69 Å². The summed E-state index contributed by atoms with van der Waals surface area (Å²) in [6, 6.07) is 10.6. The molecule has 0 aliphatic rings. The van der Waals surface area contributed by atoms with Gasteiger partial charge in [-0.3, -0.25) is 14.6 Å². The van der Waals surface area contributed by atoms with Gasteiger partial charge >= 0.3 is 0 Å². The smallest absolute Gasteiger partial charge is 0.271 e. The van der Waals surface area contributed by atoms with Crippen molar-refractivity contribution < 1.29 is 9.59 Å². The summed E-state index contributed by atoms with van der Waals surface area (Å²) < 4.78 is 0.965. The predicted octanol–water partition coefficient (Wildman–Crippen LogP) is 2.82. The quantitative estimate of drug-likeness (QED) is 0.442. The van der Waals surface area contributed by atoms with E-state index >= 15 is 0 Å². The highest BCUT2D eigenvalue weighted by Gasteiger charge is 2.07. The van der Waals surface area contributed by atoms with Crippen molar-refractivity contribution in [2.24, 2.45) is 5.10 Å². The first-order valence-corrected chi connectivity index (χ1v) is 7.91. The second kappa shape index (κ2) is 8.37. The summed E-state index contributed by atoms with van der Waals surface area (Å²) in [5.41, 5.74) is 4.09. The third kappa shape index (κ3) is 5.78. The van der Waals surface area contributed by atoms with Crippen molar-refractivity contribution in [1.29, 1.82) is 0 Å². The molecular formula is C16H15IN4O2. The van der Waals surface area contributed by atoms with Gasteiger partial charge in [-0.05, 0) is 59.8 Å². The first-order chi connectivity index (χ1) is 11.0. The maximum atomic E-state index is 11.9. The Labute approximate surface area is 147 Å². The SMILES string of the molecule is C/C(CC(=O)Nc1cccnc1)=N\NC(=O)c1cccc(I)c1. The van der Waals surface area contributed by atoms with Crippen molar-refractivity contribution in [2.75, 3.05) is 5.32 Å². The van der Waals surface area contributed by atoms with E-state index in [2.05, 4.69) is 43.4 Å². The monoisotopic (exact) mass is 422 g/mol. The Morgan fingerprint density at radius 2 is 2.09 bits per heavy atom. The predicted molar refractivity (Wildman–Crippen MR) is 97.2 cm³/mol. The van der Waals surface area contributed by atoms with E-state index in [0.717, 1.165) is 3.57 Å². The number of benzene rings is 1. The Morgan fingerprint density at radius 1 is 1.26 bits per heavy atom. The number of pyridine rings is 1. The summed E-state index contributed by atoms with van der Waals surface area (Å²) in [6.07, 6.45) is 3.27. The molecule has 0 radical (unpaired) electrons. The van der Waals surface area contributed by atoms with E-state index in [1.807, 2.05) is 6.07 Å². The molecule has 2 aromatic rings. The first-order valence-electron chi connectivity index (χ1n) is 6.83. The molecule has 0 fully saturated rings. The molecule has 0 spiro atoms. The first kappa shape index (κ1) is 17.1. The maximum Gasteiger partial charge on any atom is 0.271 e. The molecule has 118 valence electrons. The van der Waals surface area contributed by atoms with Gasteiger partial charge < -0.3 is 5.32 Å². The van der Waals surface area contributed by atoms with Crippen LogP contribution >= 0.6 is 22.6 Å². The maximum absolute atomic E-state index is 11.9. The minimum absolute atomic E-state index is 0.0848. The van der Waals surface area contributed by atoms with Crippen molar-refractivity contribution in [3.05, 3.63) is 57.9 Å². The zero-order valence-electron chi connectivity index (χ0n) is 12.4. The molecule has 0 aliphatic carbocycles. The second-order valence-corrected chi connectivity index (χ2v) is 6.01. The number of halogens is 1. The Balaban J connectivity index is 1.87. The fourth-order valence-electron chi connectivity index (χ4n) is 1.75. The summed E-state index contributed by atoms with van der Waals surface area (Å²) in [7, 11) is 0. The van der Waals surface area contributed by atoms with Crippen LogP contribution in [0.15, 0.2) is 53.9 Å². The van der Waals surface area contributed by atoms with Gasteiger partial charge in [-0.15, -0.1) is 0 Å². The van der Waals surface area contributed by atoms with Crippen LogP contribution in [0, 0.1) is 3.57 Å². The van der Waals surface area contributed by atoms with Crippen LogP contribution in [0.3, 0.4) is 0 Å². The summed E-state index contributed by atoms with van der Waals surface area (Å²) in [4.78, 5) is 27.7. The van der Waals surface area contributed by atoms with Crippen LogP contribution in [0.5, 0.6) is 0 Å². The molecule has 1 heterocycles. The van der Waals surface area contributed by atoms with Crippen molar-refractivity contribution in [3.63, 3.8) is 0 Å². The third-order valence-electron chi connectivity index (χ3n) is 2.80. The lowest BCUT2D eigenvalue weighted by molar-refractivity contribution is -0.115. The molecule has 1 aromatic heterocycles. The average Bonchev–Trinajstić information content (AvgIpc) is 2.53. The largest absolute Gasteiger partial charge is 0.324 e. The Kier molecular flexibility index (Phi) is 6.21. The number of rotatable bonds is 5. The highest BCUT2D eigenvalue weighted by atomic mass is 127. The number of anilines is 1. The van der Waals surface area contributed by atoms with E-state index in [1.165, 1.54) is 0 Å². The second-order valence-electron chi connectivity index (χ2n) is 4.77. The standard InChI is InChI=1S/C16H15IN4O2/c1-11(8-15(22)19-14-6-3-7-18-10-14)20-21-16(23)12-4-2-5-13(17)9-12/h2-7,9-10H,8H2,1H3,(H,19,22)(H,21,23)/b20-11+. The number of nitrogens with zero attached hydrogens (tertiary/aromatic N) is 2. The lowest BCUT2D eigenvalue weighted by atomic mass is 10.2. The number of carbonyl (C=O) groups excluding carboxylic acids is 2. The highest BCUT2D eigenvalue weighted by molar-refractivity contribution is 14.1. The molecule has 7 heteroatoms. The topological polar surface area (TPSA) is 83.4 Å². The molecular weight excluding hydrogens is 407 g/mol. The number of hydrogen-bond donors (Lipinski definition) is 2. The lowest BCUT2D eigenvalue weighted by Gasteiger charge is -2.05. The molecule has 0 atom stereocenters. The van der Waals surface area contributed by atoms with Gasteiger partial charge in [-0.25, -0.2) is 5.43 Å². The number of nitrogens with one attached hydrogen (secondary N) is 2. The van der Waals surface area contributed by atoms with E-state index in [1.54, 1.807) is 49.6 Å². The molecule has 0 aliphatic heterocycles. The summed E-state index contributed by atoms with van der Waals surface area (Å²) in [5.74, 6) is -0.529. The fraction of sp³-hybridized carbons (Fsp3) is 0.125. The van der Waals surface area contributed by atoms with Gasteiger partial charge in [0, 0.05) is 21.0 Å². The Hall–Kier alpha value is -2.29. The fourth-order valence-corrected chi connectivity index (χ4v) is 2.30. The van der Waals surface area contributed by atoms with Crippen LogP contribution in [-0.2, 0) is 4.79 Å². The van der Waals surface area contributed by atoms with Gasteiger partial charge in [-0.2, -0.15) is 5.10 Å². The van der Waals surface area contributed by atoms with Crippen molar-refractivity contribution in [2.45, 2.75) is 13.3 Å². The van der Waals surface area contributed by atoms with E-state index in [0.29, 0.717) is 17.0 Å².